The van der Waals surface area contributed by atoms with E-state index in [9.17, 15) is 8.42 Å². The summed E-state index contributed by atoms with van der Waals surface area (Å²) in [5.74, 6) is 0.195. The number of hydrogen-bond acceptors (Lipinski definition) is 4. The van der Waals surface area contributed by atoms with Crippen LogP contribution in [0.4, 0.5) is 0 Å². The minimum absolute atomic E-state index is 0.121. The highest BCUT2D eigenvalue weighted by Gasteiger charge is 2.18. The fourth-order valence-corrected chi connectivity index (χ4v) is 2.50. The monoisotopic (exact) mass is 216 g/mol. The van der Waals surface area contributed by atoms with E-state index in [1.165, 1.54) is 6.20 Å². The van der Waals surface area contributed by atoms with Crippen molar-refractivity contribution < 1.29 is 8.42 Å². The number of nitrogens with one attached hydrogen (secondary N) is 1. The summed E-state index contributed by atoms with van der Waals surface area (Å²) in [5.41, 5.74) is 0. The zero-order chi connectivity index (χ0) is 10.4. The SMILES string of the molecule is CCCCCS(=O)(=O)C1=NC=CCN1. The quantitative estimate of drug-likeness (QED) is 0.715. The molecule has 0 saturated carbocycles. The van der Waals surface area contributed by atoms with Crippen LogP contribution in [0.2, 0.25) is 0 Å². The minimum Gasteiger partial charge on any atom is -0.357 e. The highest BCUT2D eigenvalue weighted by molar-refractivity contribution is 8.06. The van der Waals surface area contributed by atoms with Crippen molar-refractivity contribution in [3.8, 4) is 0 Å². The predicted molar refractivity (Wildman–Crippen MR) is 57.9 cm³/mol. The molecule has 0 atom stereocenters. The van der Waals surface area contributed by atoms with Crippen molar-refractivity contribution in [2.24, 2.45) is 4.99 Å². The van der Waals surface area contributed by atoms with E-state index in [0.717, 1.165) is 12.8 Å². The first-order chi connectivity index (χ1) is 6.67. The summed E-state index contributed by atoms with van der Waals surface area (Å²) in [4.78, 5) is 3.82. The van der Waals surface area contributed by atoms with Gasteiger partial charge in [-0.2, -0.15) is 0 Å². The summed E-state index contributed by atoms with van der Waals surface area (Å²) in [6.07, 6.45) is 6.00. The molecule has 0 aromatic carbocycles. The van der Waals surface area contributed by atoms with Crippen LogP contribution in [-0.2, 0) is 9.84 Å². The summed E-state index contributed by atoms with van der Waals surface area (Å²) in [7, 11) is -3.17. The van der Waals surface area contributed by atoms with Crippen LogP contribution in [-0.4, -0.2) is 25.9 Å². The molecular formula is C9H16N2O2S. The van der Waals surface area contributed by atoms with E-state index in [4.69, 9.17) is 0 Å². The standard InChI is InChI=1S/C9H16N2O2S/c1-2-3-4-8-14(12,13)9-10-6-5-7-11-9/h5-6H,2-4,7-8H2,1H3,(H,10,11). The molecule has 0 aliphatic carbocycles. The molecule has 0 radical (unpaired) electrons. The lowest BCUT2D eigenvalue weighted by Gasteiger charge is -2.10. The smallest absolute Gasteiger partial charge is 0.221 e. The van der Waals surface area contributed by atoms with Gasteiger partial charge in [0.05, 0.1) is 5.75 Å². The normalized spacial score (nSPS) is 16.2. The van der Waals surface area contributed by atoms with Gasteiger partial charge in [-0.05, 0) is 12.5 Å². The molecule has 0 unspecified atom stereocenters. The van der Waals surface area contributed by atoms with Gasteiger partial charge in [-0.1, -0.05) is 19.8 Å². The molecule has 0 aromatic heterocycles. The molecule has 1 aliphatic heterocycles. The number of rotatable bonds is 4. The topological polar surface area (TPSA) is 58.5 Å². The summed E-state index contributed by atoms with van der Waals surface area (Å²) in [5, 5.41) is 2.88. The third kappa shape index (κ3) is 3.14. The zero-order valence-corrected chi connectivity index (χ0v) is 9.18. The van der Waals surface area contributed by atoms with Crippen molar-refractivity contribution >= 4 is 15.0 Å². The Labute approximate surface area is 85.0 Å². The van der Waals surface area contributed by atoms with Crippen LogP contribution in [0.3, 0.4) is 0 Å². The number of sulfone groups is 1. The van der Waals surface area contributed by atoms with Gasteiger partial charge in [0.15, 0.2) is 0 Å². The van der Waals surface area contributed by atoms with Gasteiger partial charge in [0, 0.05) is 12.7 Å². The van der Waals surface area contributed by atoms with Gasteiger partial charge < -0.3 is 5.32 Å². The molecule has 0 bridgehead atoms. The molecule has 1 heterocycles. The zero-order valence-electron chi connectivity index (χ0n) is 8.36. The first-order valence-corrected chi connectivity index (χ1v) is 6.51. The van der Waals surface area contributed by atoms with Gasteiger partial charge in [0.1, 0.15) is 0 Å². The predicted octanol–water partition coefficient (Wildman–Crippen LogP) is 1.06. The number of amidine groups is 1. The molecule has 1 rings (SSSR count). The molecule has 1 N–H and O–H groups in total. The van der Waals surface area contributed by atoms with E-state index in [0.29, 0.717) is 13.0 Å². The summed E-state index contributed by atoms with van der Waals surface area (Å²) < 4.78 is 23.3. The van der Waals surface area contributed by atoms with Crippen molar-refractivity contribution in [1.29, 1.82) is 0 Å². The van der Waals surface area contributed by atoms with Crippen LogP contribution in [0.5, 0.6) is 0 Å². The lowest BCUT2D eigenvalue weighted by atomic mass is 10.3. The lowest BCUT2D eigenvalue weighted by Crippen LogP contribution is -2.34. The van der Waals surface area contributed by atoms with Gasteiger partial charge in [0.25, 0.3) is 0 Å². The van der Waals surface area contributed by atoms with Gasteiger partial charge in [-0.15, -0.1) is 0 Å². The van der Waals surface area contributed by atoms with E-state index in [1.807, 2.05) is 6.92 Å². The molecule has 0 aromatic rings. The number of aliphatic imine (C=N–C) groups is 1. The Morgan fingerprint density at radius 1 is 1.50 bits per heavy atom. The molecule has 14 heavy (non-hydrogen) atoms. The number of nitrogens with zero attached hydrogens (tertiary/aromatic N) is 1. The average Bonchev–Trinajstić information content (AvgIpc) is 2.19. The molecule has 0 saturated heterocycles. The fourth-order valence-electron chi connectivity index (χ4n) is 1.19. The van der Waals surface area contributed by atoms with Crippen LogP contribution < -0.4 is 5.32 Å². The Morgan fingerprint density at radius 2 is 2.29 bits per heavy atom. The second-order valence-electron chi connectivity index (χ2n) is 3.23. The Balaban J connectivity index is 2.56. The van der Waals surface area contributed by atoms with Crippen molar-refractivity contribution in [3.05, 3.63) is 12.3 Å². The Hall–Kier alpha value is -0.840. The summed E-state index contributed by atoms with van der Waals surface area (Å²) >= 11 is 0. The van der Waals surface area contributed by atoms with Gasteiger partial charge in [0.2, 0.25) is 15.0 Å². The molecule has 0 spiro atoms. The van der Waals surface area contributed by atoms with Crippen LogP contribution in [0.25, 0.3) is 0 Å². The maximum atomic E-state index is 11.6. The van der Waals surface area contributed by atoms with Crippen LogP contribution in [0, 0.1) is 0 Å². The minimum atomic E-state index is -3.17. The van der Waals surface area contributed by atoms with Crippen molar-refractivity contribution in [1.82, 2.24) is 5.32 Å². The second-order valence-corrected chi connectivity index (χ2v) is 5.25. The van der Waals surface area contributed by atoms with Crippen LogP contribution in [0.1, 0.15) is 26.2 Å². The van der Waals surface area contributed by atoms with Gasteiger partial charge in [-0.3, -0.25) is 0 Å². The Bertz CT molecular complexity index is 331. The maximum Gasteiger partial charge on any atom is 0.221 e. The third-order valence-electron chi connectivity index (χ3n) is 1.98. The van der Waals surface area contributed by atoms with E-state index in [2.05, 4.69) is 10.3 Å². The van der Waals surface area contributed by atoms with E-state index >= 15 is 0 Å². The third-order valence-corrected chi connectivity index (χ3v) is 3.64. The molecule has 1 aliphatic rings. The summed E-state index contributed by atoms with van der Waals surface area (Å²) in [6, 6.07) is 0. The fraction of sp³-hybridized carbons (Fsp3) is 0.667. The molecule has 4 nitrogen and oxygen atoms in total. The number of unbranched alkanes of at least 4 members (excludes halogenated alkanes) is 2. The van der Waals surface area contributed by atoms with Gasteiger partial charge >= 0.3 is 0 Å². The van der Waals surface area contributed by atoms with E-state index < -0.39 is 9.84 Å². The first kappa shape index (κ1) is 11.2. The van der Waals surface area contributed by atoms with Crippen LogP contribution in [0.15, 0.2) is 17.3 Å². The summed E-state index contributed by atoms with van der Waals surface area (Å²) in [6.45, 7) is 2.59. The second kappa shape index (κ2) is 5.14. The highest BCUT2D eigenvalue weighted by Crippen LogP contribution is 2.03. The molecular weight excluding hydrogens is 200 g/mol. The first-order valence-electron chi connectivity index (χ1n) is 4.86. The molecule has 5 heteroatoms. The largest absolute Gasteiger partial charge is 0.357 e. The van der Waals surface area contributed by atoms with E-state index in [1.54, 1.807) is 6.08 Å². The average molecular weight is 216 g/mol. The number of hydrogen-bond donors (Lipinski definition) is 1. The van der Waals surface area contributed by atoms with Crippen LogP contribution >= 0.6 is 0 Å². The van der Waals surface area contributed by atoms with E-state index in [-0.39, 0.29) is 10.9 Å². The molecule has 80 valence electrons. The highest BCUT2D eigenvalue weighted by atomic mass is 32.2. The Kier molecular flexibility index (Phi) is 4.13. The van der Waals surface area contributed by atoms with Crippen molar-refractivity contribution in [3.63, 3.8) is 0 Å². The molecule has 0 fully saturated rings. The van der Waals surface area contributed by atoms with Crippen molar-refractivity contribution in [2.45, 2.75) is 26.2 Å². The maximum absolute atomic E-state index is 11.6. The molecule has 0 amide bonds. The Morgan fingerprint density at radius 3 is 2.86 bits per heavy atom. The lowest BCUT2D eigenvalue weighted by molar-refractivity contribution is 0.600. The van der Waals surface area contributed by atoms with Crippen molar-refractivity contribution in [2.75, 3.05) is 12.3 Å². The van der Waals surface area contributed by atoms with Gasteiger partial charge in [-0.25, -0.2) is 13.4 Å².